The maximum Gasteiger partial charge on any atom is 0.387 e. The number of carbonyl (C=O) groups excluding carboxylic acids is 3. The number of esters is 1. The zero-order chi connectivity index (χ0) is 28.4. The Morgan fingerprint density at radius 2 is 1.65 bits per heavy atom. The first-order chi connectivity index (χ1) is 19.2. The molecule has 1 aliphatic heterocycles. The highest BCUT2D eigenvalue weighted by Crippen LogP contribution is 2.38. The van der Waals surface area contributed by atoms with Gasteiger partial charge in [-0.2, -0.15) is 8.78 Å². The molecule has 0 radical (unpaired) electrons. The van der Waals surface area contributed by atoms with E-state index in [9.17, 15) is 23.2 Å². The number of hydrogen-bond acceptors (Lipinski definition) is 7. The van der Waals surface area contributed by atoms with Crippen molar-refractivity contribution < 1.29 is 37.4 Å². The molecular formula is C28H22Cl2F2N2O6. The minimum atomic E-state index is -3.07. The molecule has 1 saturated carbocycles. The van der Waals surface area contributed by atoms with E-state index in [-0.39, 0.29) is 39.1 Å². The molecule has 2 amide bonds. The van der Waals surface area contributed by atoms with Gasteiger partial charge in [-0.1, -0.05) is 41.4 Å². The van der Waals surface area contributed by atoms with Crippen molar-refractivity contribution in [3.05, 3.63) is 87.2 Å². The SMILES string of the molecule is O=C(CN1C(=O)c2ccccc2C1=O)OC(Cc1c(Cl)cncc1Cl)c1ccc(OC(F)F)c(OCC2CC2)c1. The fourth-order valence-corrected chi connectivity index (χ4v) is 4.80. The number of pyridine rings is 1. The zero-order valence-electron chi connectivity index (χ0n) is 20.8. The number of rotatable bonds is 11. The Morgan fingerprint density at radius 1 is 1.00 bits per heavy atom. The van der Waals surface area contributed by atoms with Gasteiger partial charge in [0, 0.05) is 18.8 Å². The van der Waals surface area contributed by atoms with Crippen molar-refractivity contribution in [2.24, 2.45) is 5.92 Å². The van der Waals surface area contributed by atoms with Crippen molar-refractivity contribution in [2.75, 3.05) is 13.2 Å². The van der Waals surface area contributed by atoms with Gasteiger partial charge in [-0.15, -0.1) is 0 Å². The maximum absolute atomic E-state index is 13.1. The molecule has 0 spiro atoms. The molecule has 1 aliphatic carbocycles. The van der Waals surface area contributed by atoms with Crippen LogP contribution in [-0.2, 0) is 16.0 Å². The van der Waals surface area contributed by atoms with Crippen molar-refractivity contribution in [1.82, 2.24) is 9.88 Å². The third kappa shape index (κ3) is 6.18. The number of carbonyl (C=O) groups is 3. The van der Waals surface area contributed by atoms with E-state index in [4.69, 9.17) is 32.7 Å². The van der Waals surface area contributed by atoms with Crippen molar-refractivity contribution in [3.63, 3.8) is 0 Å². The average molecular weight is 591 g/mol. The normalized spacial score (nSPS) is 15.3. The van der Waals surface area contributed by atoms with Crippen LogP contribution >= 0.6 is 23.2 Å². The van der Waals surface area contributed by atoms with Gasteiger partial charge in [-0.05, 0) is 54.2 Å². The molecule has 40 heavy (non-hydrogen) atoms. The molecule has 12 heteroatoms. The standard InChI is InChI=1S/C28H22Cl2F2N2O6/c29-20-11-33-12-21(30)19(20)10-23(16-7-8-22(40-28(31)32)24(9-16)38-14-15-5-6-15)39-25(35)13-34-26(36)17-3-1-2-4-18(17)27(34)37/h1-4,7-9,11-12,15,23,28H,5-6,10,13-14H2. The van der Waals surface area contributed by atoms with E-state index in [1.807, 2.05) is 0 Å². The number of benzene rings is 2. The highest BCUT2D eigenvalue weighted by atomic mass is 35.5. The Kier molecular flexibility index (Phi) is 8.18. The van der Waals surface area contributed by atoms with Crippen molar-refractivity contribution in [2.45, 2.75) is 32.0 Å². The van der Waals surface area contributed by atoms with Crippen LogP contribution in [0.2, 0.25) is 10.0 Å². The number of aromatic nitrogens is 1. The van der Waals surface area contributed by atoms with Crippen molar-refractivity contribution >= 4 is 41.0 Å². The first-order valence-electron chi connectivity index (χ1n) is 12.4. The number of alkyl halides is 2. The van der Waals surface area contributed by atoms with Crippen LogP contribution in [0.5, 0.6) is 11.5 Å². The molecule has 3 aromatic rings. The Bertz CT molecular complexity index is 1410. The lowest BCUT2D eigenvalue weighted by atomic mass is 10.0. The van der Waals surface area contributed by atoms with Gasteiger partial charge in [0.05, 0.1) is 27.8 Å². The van der Waals surface area contributed by atoms with Crippen LogP contribution in [0.25, 0.3) is 0 Å². The summed E-state index contributed by atoms with van der Waals surface area (Å²) in [5.41, 5.74) is 1.18. The topological polar surface area (TPSA) is 95.0 Å². The number of ether oxygens (including phenoxy) is 3. The molecule has 2 aromatic carbocycles. The van der Waals surface area contributed by atoms with E-state index in [2.05, 4.69) is 9.72 Å². The Morgan fingerprint density at radius 3 is 2.25 bits per heavy atom. The van der Waals surface area contributed by atoms with Gasteiger partial charge in [0.2, 0.25) is 0 Å². The molecule has 0 saturated heterocycles. The number of imide groups is 1. The molecule has 2 heterocycles. The first kappa shape index (κ1) is 27.8. The summed E-state index contributed by atoms with van der Waals surface area (Å²) in [7, 11) is 0. The summed E-state index contributed by atoms with van der Waals surface area (Å²) in [5, 5.41) is 0.438. The zero-order valence-corrected chi connectivity index (χ0v) is 22.3. The summed E-state index contributed by atoms with van der Waals surface area (Å²) in [6.07, 6.45) is 3.63. The van der Waals surface area contributed by atoms with Crippen molar-refractivity contribution in [1.29, 1.82) is 0 Å². The van der Waals surface area contributed by atoms with Gasteiger partial charge in [0.25, 0.3) is 11.8 Å². The molecule has 208 valence electrons. The van der Waals surface area contributed by atoms with E-state index < -0.39 is 37.0 Å². The lowest BCUT2D eigenvalue weighted by Crippen LogP contribution is -2.36. The molecule has 0 N–H and O–H groups in total. The molecule has 5 rings (SSSR count). The van der Waals surface area contributed by atoms with E-state index >= 15 is 0 Å². The number of hydrogen-bond donors (Lipinski definition) is 0. The highest BCUT2D eigenvalue weighted by Gasteiger charge is 2.37. The summed E-state index contributed by atoms with van der Waals surface area (Å²) in [6, 6.07) is 10.4. The quantitative estimate of drug-likeness (QED) is 0.202. The van der Waals surface area contributed by atoms with Gasteiger partial charge in [-0.3, -0.25) is 24.3 Å². The van der Waals surface area contributed by atoms with E-state index in [1.54, 1.807) is 12.1 Å². The fourth-order valence-electron chi connectivity index (χ4n) is 4.28. The minimum absolute atomic E-state index is 0.0227. The van der Waals surface area contributed by atoms with E-state index in [0.717, 1.165) is 17.7 Å². The largest absolute Gasteiger partial charge is 0.489 e. The molecule has 0 bridgehead atoms. The average Bonchev–Trinajstić information content (AvgIpc) is 3.73. The number of halogens is 4. The third-order valence-corrected chi connectivity index (χ3v) is 7.16. The molecular weight excluding hydrogens is 569 g/mol. The van der Waals surface area contributed by atoms with Crippen LogP contribution in [0.1, 0.15) is 50.8 Å². The lowest BCUT2D eigenvalue weighted by molar-refractivity contribution is -0.149. The second-order valence-corrected chi connectivity index (χ2v) is 10.2. The second-order valence-electron chi connectivity index (χ2n) is 9.35. The number of amides is 2. The van der Waals surface area contributed by atoms with Gasteiger partial charge in [0.15, 0.2) is 11.5 Å². The molecule has 8 nitrogen and oxygen atoms in total. The van der Waals surface area contributed by atoms with Gasteiger partial charge < -0.3 is 14.2 Å². The second kappa shape index (κ2) is 11.8. The molecule has 1 fully saturated rings. The summed E-state index contributed by atoms with van der Waals surface area (Å²) in [6.45, 7) is -3.40. The molecule has 1 aromatic heterocycles. The predicted molar refractivity (Wildman–Crippen MR) is 140 cm³/mol. The van der Waals surface area contributed by atoms with Gasteiger partial charge >= 0.3 is 12.6 Å². The van der Waals surface area contributed by atoms with Crippen LogP contribution in [0.15, 0.2) is 54.9 Å². The van der Waals surface area contributed by atoms with Crippen LogP contribution in [-0.4, -0.2) is 47.4 Å². The molecule has 2 aliphatic rings. The minimum Gasteiger partial charge on any atom is -0.489 e. The lowest BCUT2D eigenvalue weighted by Gasteiger charge is -2.22. The van der Waals surface area contributed by atoms with Crippen LogP contribution < -0.4 is 9.47 Å². The Hall–Kier alpha value is -3.76. The number of fused-ring (bicyclic) bond motifs is 1. The Labute approximate surface area is 237 Å². The van der Waals surface area contributed by atoms with Crippen LogP contribution in [0.4, 0.5) is 8.78 Å². The third-order valence-electron chi connectivity index (χ3n) is 6.51. The highest BCUT2D eigenvalue weighted by molar-refractivity contribution is 6.35. The Balaban J connectivity index is 1.42. The molecule has 1 atom stereocenters. The van der Waals surface area contributed by atoms with E-state index in [0.29, 0.717) is 23.7 Å². The summed E-state index contributed by atoms with van der Waals surface area (Å²) in [4.78, 5) is 43.3. The van der Waals surface area contributed by atoms with Crippen molar-refractivity contribution in [3.8, 4) is 11.5 Å². The number of nitrogens with zero attached hydrogens (tertiary/aromatic N) is 2. The predicted octanol–water partition coefficient (Wildman–Crippen LogP) is 5.90. The summed E-state index contributed by atoms with van der Waals surface area (Å²) >= 11 is 12.6. The first-order valence-corrected chi connectivity index (χ1v) is 13.1. The van der Waals surface area contributed by atoms with Gasteiger partial charge in [-0.25, -0.2) is 0 Å². The van der Waals surface area contributed by atoms with Crippen LogP contribution in [0, 0.1) is 5.92 Å². The molecule has 1 unspecified atom stereocenters. The smallest absolute Gasteiger partial charge is 0.387 e. The maximum atomic E-state index is 13.1. The van der Waals surface area contributed by atoms with Crippen LogP contribution in [0.3, 0.4) is 0 Å². The summed E-state index contributed by atoms with van der Waals surface area (Å²) < 4.78 is 42.2. The monoisotopic (exact) mass is 590 g/mol. The van der Waals surface area contributed by atoms with Gasteiger partial charge in [0.1, 0.15) is 12.6 Å². The fraction of sp³-hybridized carbons (Fsp3) is 0.286. The van der Waals surface area contributed by atoms with E-state index in [1.165, 1.54) is 42.7 Å². The summed E-state index contributed by atoms with van der Waals surface area (Å²) in [5.74, 6) is -1.90.